The zero-order valence-electron chi connectivity index (χ0n) is 19.3. The normalized spacial score (nSPS) is 41.2. The van der Waals surface area contributed by atoms with E-state index in [-0.39, 0.29) is 23.6 Å². The summed E-state index contributed by atoms with van der Waals surface area (Å²) in [5, 5.41) is 11.5. The van der Waals surface area contributed by atoms with Gasteiger partial charge in [-0.3, -0.25) is 4.79 Å². The summed E-state index contributed by atoms with van der Waals surface area (Å²) in [6.07, 6.45) is 4.82. The predicted molar refractivity (Wildman–Crippen MR) is 119 cm³/mol. The van der Waals surface area contributed by atoms with Crippen molar-refractivity contribution in [1.82, 2.24) is 0 Å². The van der Waals surface area contributed by atoms with E-state index in [2.05, 4.69) is 45.9 Å². The van der Waals surface area contributed by atoms with E-state index in [9.17, 15) is 9.90 Å². The number of carbonyl (C=O) groups excluding carboxylic acids is 1. The van der Waals surface area contributed by atoms with Crippen molar-refractivity contribution in [2.45, 2.75) is 83.4 Å². The van der Waals surface area contributed by atoms with Crippen LogP contribution in [0.3, 0.4) is 0 Å². The zero-order valence-corrected chi connectivity index (χ0v) is 19.3. The van der Waals surface area contributed by atoms with Crippen LogP contribution in [0.15, 0.2) is 36.4 Å². The lowest BCUT2D eigenvalue weighted by Crippen LogP contribution is -2.70. The third-order valence-electron chi connectivity index (χ3n) is 8.23. The zero-order chi connectivity index (χ0) is 22.4. The van der Waals surface area contributed by atoms with Crippen molar-refractivity contribution >= 4 is 12.0 Å². The molecule has 1 saturated heterocycles. The van der Waals surface area contributed by atoms with Gasteiger partial charge in [-0.15, -0.1) is 0 Å². The maximum absolute atomic E-state index is 11.7. The first-order valence-electron chi connectivity index (χ1n) is 11.5. The molecular formula is C26H36O5. The molecule has 0 aromatic heterocycles. The minimum atomic E-state index is -0.842. The topological polar surface area (TPSA) is 65.0 Å². The molecule has 3 aliphatic rings. The summed E-state index contributed by atoms with van der Waals surface area (Å²) in [6, 6.07) is 10.1. The van der Waals surface area contributed by atoms with Crippen LogP contribution in [0.25, 0.3) is 6.08 Å². The van der Waals surface area contributed by atoms with Gasteiger partial charge < -0.3 is 19.3 Å². The van der Waals surface area contributed by atoms with Gasteiger partial charge in [0.1, 0.15) is 12.2 Å². The molecule has 5 heteroatoms. The molecule has 2 saturated carbocycles. The quantitative estimate of drug-likeness (QED) is 0.705. The second-order valence-corrected chi connectivity index (χ2v) is 10.4. The summed E-state index contributed by atoms with van der Waals surface area (Å²) in [5.41, 5.74) is -0.316. The standard InChI is InChI=1S/C26H36O5/c1-17-14-21(30-18(2)27)23(28)25(5)22(15-20-16-26(17,25)31-24(20,3)4)29-13-9-12-19-10-7-6-8-11-19/h6-12,17,20-23,28H,13-16H2,1-5H3. The largest absolute Gasteiger partial charge is 0.460 e. The molecule has 5 nitrogen and oxygen atoms in total. The number of esters is 1. The Bertz CT molecular complexity index is 833. The minimum absolute atomic E-state index is 0.140. The number of fused-ring (bicyclic) bond motifs is 1. The van der Waals surface area contributed by atoms with Gasteiger partial charge in [0.05, 0.1) is 29.3 Å². The van der Waals surface area contributed by atoms with Crippen molar-refractivity contribution < 1.29 is 24.1 Å². The van der Waals surface area contributed by atoms with Crippen molar-refractivity contribution in [3.63, 3.8) is 0 Å². The predicted octanol–water partition coefficient (Wildman–Crippen LogP) is 4.38. The molecule has 7 atom stereocenters. The smallest absolute Gasteiger partial charge is 0.302 e. The summed E-state index contributed by atoms with van der Waals surface area (Å²) >= 11 is 0. The molecule has 0 amide bonds. The van der Waals surface area contributed by atoms with Crippen molar-refractivity contribution in [2.75, 3.05) is 6.61 Å². The molecule has 3 fully saturated rings. The van der Waals surface area contributed by atoms with Gasteiger partial charge >= 0.3 is 5.97 Å². The molecule has 1 aromatic rings. The molecule has 31 heavy (non-hydrogen) atoms. The SMILES string of the molecule is CC(=O)OC1CC(C)C23CC(CC(OCC=Cc4ccccc4)C2(C)C1O)C(C)(C)O3. The third-order valence-corrected chi connectivity index (χ3v) is 8.23. The van der Waals surface area contributed by atoms with Gasteiger partial charge in [0, 0.05) is 6.92 Å². The second kappa shape index (κ2) is 8.02. The third kappa shape index (κ3) is 3.65. The number of aliphatic hydroxyl groups excluding tert-OH is 1. The van der Waals surface area contributed by atoms with E-state index in [0.29, 0.717) is 18.9 Å². The van der Waals surface area contributed by atoms with Crippen LogP contribution in [0.5, 0.6) is 0 Å². The molecule has 2 aliphatic carbocycles. The van der Waals surface area contributed by atoms with E-state index in [1.54, 1.807) is 0 Å². The van der Waals surface area contributed by atoms with Crippen molar-refractivity contribution in [2.24, 2.45) is 17.3 Å². The molecule has 1 aliphatic heterocycles. The van der Waals surface area contributed by atoms with Crippen LogP contribution < -0.4 is 0 Å². The first kappa shape index (κ1) is 22.5. The van der Waals surface area contributed by atoms with Crippen LogP contribution >= 0.6 is 0 Å². The van der Waals surface area contributed by atoms with Crippen LogP contribution in [0.1, 0.15) is 59.4 Å². The maximum atomic E-state index is 11.7. The van der Waals surface area contributed by atoms with E-state index in [1.165, 1.54) is 6.92 Å². The Morgan fingerprint density at radius 3 is 2.61 bits per heavy atom. The summed E-state index contributed by atoms with van der Waals surface area (Å²) in [4.78, 5) is 11.7. The van der Waals surface area contributed by atoms with Gasteiger partial charge in [0.2, 0.25) is 0 Å². The lowest BCUT2D eigenvalue weighted by Gasteiger charge is -2.61. The fourth-order valence-corrected chi connectivity index (χ4v) is 6.49. The Balaban J connectivity index is 1.61. The highest BCUT2D eigenvalue weighted by molar-refractivity contribution is 5.66. The summed E-state index contributed by atoms with van der Waals surface area (Å²) in [5.74, 6) is 0.143. The molecule has 2 bridgehead atoms. The van der Waals surface area contributed by atoms with E-state index in [0.717, 1.165) is 18.4 Å². The summed E-state index contributed by atoms with van der Waals surface area (Å²) < 4.78 is 18.8. The highest BCUT2D eigenvalue weighted by Crippen LogP contribution is 2.66. The van der Waals surface area contributed by atoms with E-state index in [1.807, 2.05) is 24.3 Å². The lowest BCUT2D eigenvalue weighted by molar-refractivity contribution is -0.283. The van der Waals surface area contributed by atoms with E-state index < -0.39 is 23.2 Å². The fourth-order valence-electron chi connectivity index (χ4n) is 6.49. The molecular weight excluding hydrogens is 392 g/mol. The minimum Gasteiger partial charge on any atom is -0.460 e. The molecule has 1 heterocycles. The van der Waals surface area contributed by atoms with Crippen molar-refractivity contribution in [1.29, 1.82) is 0 Å². The average molecular weight is 429 g/mol. The molecule has 1 spiro atoms. The van der Waals surface area contributed by atoms with Gasteiger partial charge in [-0.05, 0) is 50.5 Å². The molecule has 1 N–H and O–H groups in total. The first-order chi connectivity index (χ1) is 14.6. The number of hydrogen-bond donors (Lipinski definition) is 1. The number of carbonyl (C=O) groups is 1. The number of aliphatic hydroxyl groups is 1. The first-order valence-corrected chi connectivity index (χ1v) is 11.5. The van der Waals surface area contributed by atoms with E-state index >= 15 is 0 Å². The van der Waals surface area contributed by atoms with Crippen LogP contribution in [-0.4, -0.2) is 47.2 Å². The van der Waals surface area contributed by atoms with Crippen LogP contribution in [0.2, 0.25) is 0 Å². The molecule has 4 rings (SSSR count). The Labute approximate surface area is 185 Å². The Morgan fingerprint density at radius 1 is 1.23 bits per heavy atom. The monoisotopic (exact) mass is 428 g/mol. The van der Waals surface area contributed by atoms with Gasteiger partial charge in [-0.25, -0.2) is 0 Å². The average Bonchev–Trinajstić information content (AvgIpc) is 2.95. The highest BCUT2D eigenvalue weighted by Gasteiger charge is 2.73. The van der Waals surface area contributed by atoms with E-state index in [4.69, 9.17) is 14.2 Å². The Kier molecular flexibility index (Phi) is 5.82. The molecule has 7 unspecified atom stereocenters. The Hall–Kier alpha value is -1.69. The number of ether oxygens (including phenoxy) is 3. The molecule has 170 valence electrons. The van der Waals surface area contributed by atoms with Crippen LogP contribution in [0, 0.1) is 17.3 Å². The fraction of sp³-hybridized carbons (Fsp3) is 0.654. The van der Waals surface area contributed by atoms with Crippen LogP contribution in [0.4, 0.5) is 0 Å². The van der Waals surface area contributed by atoms with Gasteiger partial charge in [0.15, 0.2) is 0 Å². The Morgan fingerprint density at radius 2 is 1.94 bits per heavy atom. The van der Waals surface area contributed by atoms with Gasteiger partial charge in [0.25, 0.3) is 0 Å². The number of hydrogen-bond acceptors (Lipinski definition) is 5. The van der Waals surface area contributed by atoms with Crippen molar-refractivity contribution in [3.05, 3.63) is 42.0 Å². The van der Waals surface area contributed by atoms with Gasteiger partial charge in [-0.1, -0.05) is 56.3 Å². The number of benzene rings is 1. The number of rotatable bonds is 5. The molecule has 0 radical (unpaired) electrons. The van der Waals surface area contributed by atoms with Crippen molar-refractivity contribution in [3.8, 4) is 0 Å². The second-order valence-electron chi connectivity index (χ2n) is 10.4. The maximum Gasteiger partial charge on any atom is 0.302 e. The lowest BCUT2D eigenvalue weighted by atomic mass is 9.49. The highest BCUT2D eigenvalue weighted by atomic mass is 16.6. The van der Waals surface area contributed by atoms with Crippen LogP contribution in [-0.2, 0) is 19.0 Å². The summed E-state index contributed by atoms with van der Waals surface area (Å²) in [6.45, 7) is 10.4. The summed E-state index contributed by atoms with van der Waals surface area (Å²) in [7, 11) is 0. The molecule has 1 aromatic carbocycles. The van der Waals surface area contributed by atoms with Gasteiger partial charge in [-0.2, -0.15) is 0 Å².